The highest BCUT2D eigenvalue weighted by Crippen LogP contribution is 2.29. The van der Waals surface area contributed by atoms with Crippen molar-refractivity contribution in [3.8, 4) is 0 Å². The molecule has 9 heteroatoms. The largest absolute Gasteiger partial charge is 0.435 e. The van der Waals surface area contributed by atoms with Gasteiger partial charge in [0.1, 0.15) is 12.4 Å². The number of imidazole rings is 1. The van der Waals surface area contributed by atoms with Crippen molar-refractivity contribution in [3.05, 3.63) is 48.0 Å². The number of alkyl halides is 3. The van der Waals surface area contributed by atoms with E-state index in [0.29, 0.717) is 19.5 Å². The third-order valence-electron chi connectivity index (χ3n) is 5.16. The highest BCUT2D eigenvalue weighted by molar-refractivity contribution is 5.81. The van der Waals surface area contributed by atoms with E-state index in [1.54, 1.807) is 4.90 Å². The van der Waals surface area contributed by atoms with E-state index in [4.69, 9.17) is 0 Å². The SMILES string of the molecule is Cc1nc2ccccc2n1CC(=O)N1CCCC(n2ccc(C(F)(F)F)n2)C1. The van der Waals surface area contributed by atoms with Crippen LogP contribution in [0.2, 0.25) is 0 Å². The maximum atomic E-state index is 12.9. The fourth-order valence-electron chi connectivity index (χ4n) is 3.72. The first-order chi connectivity index (χ1) is 13.3. The van der Waals surface area contributed by atoms with Crippen molar-refractivity contribution in [2.24, 2.45) is 0 Å². The Morgan fingerprint density at radius 1 is 1.25 bits per heavy atom. The molecule has 1 atom stereocenters. The molecule has 1 aromatic carbocycles. The minimum atomic E-state index is -4.46. The lowest BCUT2D eigenvalue weighted by Gasteiger charge is -2.33. The molecule has 4 rings (SSSR count). The normalized spacial score (nSPS) is 18.0. The molecule has 6 nitrogen and oxygen atoms in total. The van der Waals surface area contributed by atoms with Gasteiger partial charge in [-0.15, -0.1) is 0 Å². The van der Waals surface area contributed by atoms with Gasteiger partial charge < -0.3 is 9.47 Å². The quantitative estimate of drug-likeness (QED) is 0.688. The summed E-state index contributed by atoms with van der Waals surface area (Å²) in [6, 6.07) is 8.34. The lowest BCUT2D eigenvalue weighted by Crippen LogP contribution is -2.42. The van der Waals surface area contributed by atoms with Crippen molar-refractivity contribution >= 4 is 16.9 Å². The van der Waals surface area contributed by atoms with Gasteiger partial charge in [0, 0.05) is 19.3 Å². The van der Waals surface area contributed by atoms with Crippen molar-refractivity contribution in [1.29, 1.82) is 0 Å². The van der Waals surface area contributed by atoms with Crippen molar-refractivity contribution in [2.45, 2.75) is 38.5 Å². The topological polar surface area (TPSA) is 56.0 Å². The Labute approximate surface area is 159 Å². The number of hydrogen-bond donors (Lipinski definition) is 0. The van der Waals surface area contributed by atoms with Gasteiger partial charge in [-0.2, -0.15) is 18.3 Å². The monoisotopic (exact) mass is 391 g/mol. The van der Waals surface area contributed by atoms with Crippen LogP contribution in [0.25, 0.3) is 11.0 Å². The van der Waals surface area contributed by atoms with Crippen LogP contribution in [0, 0.1) is 6.92 Å². The van der Waals surface area contributed by atoms with Crippen molar-refractivity contribution in [3.63, 3.8) is 0 Å². The molecule has 28 heavy (non-hydrogen) atoms. The predicted octanol–water partition coefficient (Wildman–Crippen LogP) is 3.42. The highest BCUT2D eigenvalue weighted by Gasteiger charge is 2.35. The van der Waals surface area contributed by atoms with Crippen LogP contribution in [-0.4, -0.2) is 43.2 Å². The van der Waals surface area contributed by atoms with Crippen LogP contribution >= 0.6 is 0 Å². The third kappa shape index (κ3) is 3.48. The maximum Gasteiger partial charge on any atom is 0.435 e. The first-order valence-corrected chi connectivity index (χ1v) is 9.15. The van der Waals surface area contributed by atoms with E-state index < -0.39 is 11.9 Å². The molecule has 0 spiro atoms. The second-order valence-corrected chi connectivity index (χ2v) is 7.05. The fraction of sp³-hybridized carbons (Fsp3) is 0.421. The number of amides is 1. The van der Waals surface area contributed by atoms with E-state index in [2.05, 4.69) is 10.1 Å². The molecule has 2 aromatic heterocycles. The van der Waals surface area contributed by atoms with Crippen molar-refractivity contribution in [1.82, 2.24) is 24.2 Å². The van der Waals surface area contributed by atoms with Gasteiger partial charge in [0.05, 0.1) is 17.1 Å². The van der Waals surface area contributed by atoms with E-state index in [-0.39, 0.29) is 18.5 Å². The molecule has 3 heterocycles. The maximum absolute atomic E-state index is 12.9. The minimum Gasteiger partial charge on any atom is -0.339 e. The number of piperidine rings is 1. The molecule has 1 amide bonds. The Morgan fingerprint density at radius 3 is 2.79 bits per heavy atom. The fourth-order valence-corrected chi connectivity index (χ4v) is 3.72. The number of aromatic nitrogens is 4. The van der Waals surface area contributed by atoms with Gasteiger partial charge in [-0.1, -0.05) is 12.1 Å². The lowest BCUT2D eigenvalue weighted by atomic mass is 10.1. The molecule has 148 valence electrons. The third-order valence-corrected chi connectivity index (χ3v) is 5.16. The second-order valence-electron chi connectivity index (χ2n) is 7.05. The van der Waals surface area contributed by atoms with E-state index >= 15 is 0 Å². The summed E-state index contributed by atoms with van der Waals surface area (Å²) >= 11 is 0. The Morgan fingerprint density at radius 2 is 2.04 bits per heavy atom. The van der Waals surface area contributed by atoms with Gasteiger partial charge in [0.25, 0.3) is 0 Å². The average Bonchev–Trinajstić information content (AvgIpc) is 3.27. The Kier molecular flexibility index (Phi) is 4.60. The van der Waals surface area contributed by atoms with E-state index in [1.807, 2.05) is 35.8 Å². The van der Waals surface area contributed by atoms with Crippen LogP contribution in [0.3, 0.4) is 0 Å². The van der Waals surface area contributed by atoms with E-state index in [0.717, 1.165) is 29.3 Å². The molecule has 0 saturated carbocycles. The number of hydrogen-bond acceptors (Lipinski definition) is 3. The predicted molar refractivity (Wildman–Crippen MR) is 96.6 cm³/mol. The summed E-state index contributed by atoms with van der Waals surface area (Å²) in [5.41, 5.74) is 0.820. The number of halogens is 3. The zero-order chi connectivity index (χ0) is 19.9. The molecule has 0 bridgehead atoms. The molecule has 0 radical (unpaired) electrons. The van der Waals surface area contributed by atoms with Crippen molar-refractivity contribution < 1.29 is 18.0 Å². The van der Waals surface area contributed by atoms with Gasteiger partial charge in [-0.05, 0) is 38.0 Å². The standard InChI is InChI=1S/C19H20F3N5O/c1-13-23-15-6-2-3-7-16(15)26(13)12-18(28)25-9-4-5-14(11-25)27-10-8-17(24-27)19(20,21)22/h2-3,6-8,10,14H,4-5,9,11-12H2,1H3. The summed E-state index contributed by atoms with van der Waals surface area (Å²) in [6.07, 6.45) is -1.71. The number of nitrogens with zero attached hydrogens (tertiary/aromatic N) is 5. The first-order valence-electron chi connectivity index (χ1n) is 9.15. The molecular formula is C19H20F3N5O. The van der Waals surface area contributed by atoms with Gasteiger partial charge in [-0.3, -0.25) is 9.48 Å². The average molecular weight is 391 g/mol. The molecule has 0 N–H and O–H groups in total. The zero-order valence-corrected chi connectivity index (χ0v) is 15.4. The summed E-state index contributed by atoms with van der Waals surface area (Å²) in [6.45, 7) is 2.96. The smallest absolute Gasteiger partial charge is 0.339 e. The molecule has 1 unspecified atom stereocenters. The van der Waals surface area contributed by atoms with Crippen LogP contribution in [0.1, 0.15) is 30.4 Å². The number of benzene rings is 1. The Bertz CT molecular complexity index is 1010. The Balaban J connectivity index is 1.49. The van der Waals surface area contributed by atoms with Crippen LogP contribution < -0.4 is 0 Å². The molecule has 1 aliphatic heterocycles. The second kappa shape index (κ2) is 6.96. The number of fused-ring (bicyclic) bond motifs is 1. The van der Waals surface area contributed by atoms with Crippen LogP contribution in [0.5, 0.6) is 0 Å². The highest BCUT2D eigenvalue weighted by atomic mass is 19.4. The van der Waals surface area contributed by atoms with Crippen LogP contribution in [-0.2, 0) is 17.5 Å². The lowest BCUT2D eigenvalue weighted by molar-refractivity contribution is -0.142. The van der Waals surface area contributed by atoms with E-state index in [1.165, 1.54) is 10.9 Å². The number of likely N-dealkylation sites (tertiary alicyclic amines) is 1. The number of aryl methyl sites for hydroxylation is 1. The molecular weight excluding hydrogens is 371 g/mol. The summed E-state index contributed by atoms with van der Waals surface area (Å²) < 4.78 is 41.6. The van der Waals surface area contributed by atoms with Gasteiger partial charge in [0.2, 0.25) is 5.91 Å². The number of carbonyl (C=O) groups excluding carboxylic acids is 1. The van der Waals surface area contributed by atoms with Crippen LogP contribution in [0.15, 0.2) is 36.5 Å². The van der Waals surface area contributed by atoms with Crippen molar-refractivity contribution in [2.75, 3.05) is 13.1 Å². The summed E-state index contributed by atoms with van der Waals surface area (Å²) in [7, 11) is 0. The van der Waals surface area contributed by atoms with Gasteiger partial charge in [0.15, 0.2) is 5.69 Å². The number of carbonyl (C=O) groups is 1. The zero-order valence-electron chi connectivity index (χ0n) is 15.4. The molecule has 1 saturated heterocycles. The number of para-hydroxylation sites is 2. The molecule has 0 aliphatic carbocycles. The Hall–Kier alpha value is -2.84. The molecule has 1 aliphatic rings. The molecule has 3 aromatic rings. The summed E-state index contributed by atoms with van der Waals surface area (Å²) in [5.74, 6) is 0.684. The van der Waals surface area contributed by atoms with Gasteiger partial charge in [-0.25, -0.2) is 4.98 Å². The molecule has 1 fully saturated rings. The number of rotatable bonds is 3. The van der Waals surface area contributed by atoms with Crippen LogP contribution in [0.4, 0.5) is 13.2 Å². The summed E-state index contributed by atoms with van der Waals surface area (Å²) in [5, 5.41) is 3.67. The van der Waals surface area contributed by atoms with Gasteiger partial charge >= 0.3 is 6.18 Å². The summed E-state index contributed by atoms with van der Waals surface area (Å²) in [4.78, 5) is 19.0. The first kappa shape index (κ1) is 18.5. The van der Waals surface area contributed by atoms with E-state index in [9.17, 15) is 18.0 Å². The minimum absolute atomic E-state index is 0.0702.